The van der Waals surface area contributed by atoms with E-state index in [4.69, 9.17) is 0 Å². The van der Waals surface area contributed by atoms with Crippen LogP contribution in [0.15, 0.2) is 9.72 Å². The molecule has 56 valence electrons. The zero-order chi connectivity index (χ0) is 7.78. The average molecular weight is 195 g/mol. The molecule has 0 N–H and O–H groups in total. The molecule has 6 heteroatoms. The summed E-state index contributed by atoms with van der Waals surface area (Å²) in [5, 5.41) is 0. The van der Waals surface area contributed by atoms with Crippen LogP contribution < -0.4 is 0 Å². The van der Waals surface area contributed by atoms with Gasteiger partial charge in [-0.15, -0.1) is 11.3 Å². The average Bonchev–Trinajstić information content (AvgIpc) is 2.11. The van der Waals surface area contributed by atoms with Crippen LogP contribution in [0.1, 0.15) is 5.69 Å². The molecule has 1 aromatic heterocycles. The van der Waals surface area contributed by atoms with Gasteiger partial charge in [0, 0.05) is 0 Å². The largest absolute Gasteiger partial charge is 0.249 e. The summed E-state index contributed by atoms with van der Waals surface area (Å²) in [5.41, 5.74) is 2.00. The van der Waals surface area contributed by atoms with Crippen molar-refractivity contribution in [3.63, 3.8) is 0 Å². The predicted octanol–water partition coefficient (Wildman–Crippen LogP) is 1.07. The molecule has 0 aromatic carbocycles. The minimum absolute atomic E-state index is 0.232. The Kier molecular flexibility index (Phi) is 2.02. The Balaban J connectivity index is 3.32. The standard InChI is InChI=1S/C4H5NO2S3/c1-3-4(9-2-5-3)10(6,7)8/h2H,1H3,(H,6,7,8). The van der Waals surface area contributed by atoms with Crippen LogP contribution in [0.2, 0.25) is 0 Å². The van der Waals surface area contributed by atoms with Gasteiger partial charge >= 0.3 is 0 Å². The van der Waals surface area contributed by atoms with E-state index in [1.54, 1.807) is 6.92 Å². The van der Waals surface area contributed by atoms with Gasteiger partial charge in [0.1, 0.15) is 0 Å². The number of aryl methyl sites for hydroxylation is 1. The highest BCUT2D eigenvalue weighted by molar-refractivity contribution is 8.63. The topological polar surface area (TPSA) is 47.0 Å². The minimum atomic E-state index is -3.34. The van der Waals surface area contributed by atoms with Crippen LogP contribution in [0.25, 0.3) is 0 Å². The van der Waals surface area contributed by atoms with Crippen LogP contribution in [-0.2, 0) is 8.87 Å². The Morgan fingerprint density at radius 1 is 1.70 bits per heavy atom. The molecule has 1 rings (SSSR count). The van der Waals surface area contributed by atoms with Gasteiger partial charge in [-0.2, -0.15) is 0 Å². The van der Waals surface area contributed by atoms with Gasteiger partial charge in [-0.1, -0.05) is 0 Å². The Morgan fingerprint density at radius 2 is 2.30 bits per heavy atom. The molecule has 0 spiro atoms. The fraction of sp³-hybridized carbons (Fsp3) is 0.250. The molecule has 0 amide bonds. The van der Waals surface area contributed by atoms with E-state index in [0.717, 1.165) is 11.3 Å². The second kappa shape index (κ2) is 2.52. The van der Waals surface area contributed by atoms with Gasteiger partial charge in [-0.3, -0.25) is 0 Å². The van der Waals surface area contributed by atoms with Crippen LogP contribution in [-0.4, -0.2) is 13.4 Å². The van der Waals surface area contributed by atoms with Gasteiger partial charge < -0.3 is 0 Å². The summed E-state index contributed by atoms with van der Waals surface area (Å²) < 4.78 is 21.7. The van der Waals surface area contributed by atoms with E-state index >= 15 is 0 Å². The molecule has 0 bridgehead atoms. The monoisotopic (exact) mass is 195 g/mol. The molecule has 0 saturated heterocycles. The summed E-state index contributed by atoms with van der Waals surface area (Å²) >= 11 is 4.50. The van der Waals surface area contributed by atoms with E-state index in [9.17, 15) is 8.42 Å². The van der Waals surface area contributed by atoms with Crippen molar-refractivity contribution in [1.29, 1.82) is 0 Å². The van der Waals surface area contributed by atoms with Crippen molar-refractivity contribution in [2.45, 2.75) is 11.1 Å². The molecule has 3 nitrogen and oxygen atoms in total. The quantitative estimate of drug-likeness (QED) is 0.538. The lowest BCUT2D eigenvalue weighted by atomic mass is 10.6. The third-order valence-corrected chi connectivity index (χ3v) is 4.29. The number of rotatable bonds is 1. The van der Waals surface area contributed by atoms with Gasteiger partial charge in [0.2, 0.25) is 8.87 Å². The first-order valence-electron chi connectivity index (χ1n) is 2.39. The second-order valence-corrected chi connectivity index (χ2v) is 5.61. The summed E-state index contributed by atoms with van der Waals surface area (Å²) in [6, 6.07) is 0. The maximum absolute atomic E-state index is 10.7. The first-order chi connectivity index (χ1) is 4.52. The van der Waals surface area contributed by atoms with Gasteiger partial charge in [-0.05, 0) is 18.6 Å². The zero-order valence-electron chi connectivity index (χ0n) is 5.10. The van der Waals surface area contributed by atoms with Gasteiger partial charge in [0.05, 0.1) is 11.2 Å². The number of nitrogens with zero attached hydrogens (tertiary/aromatic N) is 1. The van der Waals surface area contributed by atoms with Gasteiger partial charge in [0.15, 0.2) is 4.21 Å². The summed E-state index contributed by atoms with van der Waals surface area (Å²) in [6.45, 7) is 1.64. The molecule has 0 saturated carbocycles. The molecule has 10 heavy (non-hydrogen) atoms. The first kappa shape index (κ1) is 8.03. The molecule has 0 aliphatic heterocycles. The van der Waals surface area contributed by atoms with Crippen LogP contribution in [0.4, 0.5) is 0 Å². The molecule has 1 heterocycles. The van der Waals surface area contributed by atoms with Gasteiger partial charge in [-0.25, -0.2) is 13.4 Å². The molecule has 1 aromatic rings. The van der Waals surface area contributed by atoms with Crippen LogP contribution in [0, 0.1) is 6.92 Å². The van der Waals surface area contributed by atoms with Gasteiger partial charge in [0.25, 0.3) is 0 Å². The molecule has 0 atom stereocenters. The van der Waals surface area contributed by atoms with Crippen molar-refractivity contribution in [2.75, 3.05) is 0 Å². The number of aromatic nitrogens is 1. The highest BCUT2D eigenvalue weighted by Gasteiger charge is 2.13. The van der Waals surface area contributed by atoms with E-state index in [1.807, 2.05) is 0 Å². The third-order valence-electron chi connectivity index (χ3n) is 0.936. The maximum atomic E-state index is 10.7. The Morgan fingerprint density at radius 3 is 2.50 bits per heavy atom. The Bertz CT molecular complexity index is 326. The van der Waals surface area contributed by atoms with Crippen LogP contribution in [0.5, 0.6) is 0 Å². The fourth-order valence-corrected chi connectivity index (χ4v) is 2.89. The maximum Gasteiger partial charge on any atom is 0.238 e. The van der Waals surface area contributed by atoms with Crippen molar-refractivity contribution in [2.24, 2.45) is 0 Å². The lowest BCUT2D eigenvalue weighted by Crippen LogP contribution is -1.88. The van der Waals surface area contributed by atoms with Crippen molar-refractivity contribution in [3.05, 3.63) is 11.2 Å². The van der Waals surface area contributed by atoms with E-state index in [2.05, 4.69) is 16.6 Å². The highest BCUT2D eigenvalue weighted by atomic mass is 33.1. The van der Waals surface area contributed by atoms with Crippen molar-refractivity contribution < 1.29 is 8.42 Å². The minimum Gasteiger partial charge on any atom is -0.249 e. The fourth-order valence-electron chi connectivity index (χ4n) is 0.539. The number of thiazole rings is 1. The molecular formula is C4H5NO2S3. The molecule has 0 aliphatic rings. The zero-order valence-corrected chi connectivity index (χ0v) is 7.63. The van der Waals surface area contributed by atoms with E-state index < -0.39 is 8.87 Å². The highest BCUT2D eigenvalue weighted by Crippen LogP contribution is 2.22. The molecule has 0 fully saturated rings. The number of hydrogen-bond acceptors (Lipinski definition) is 4. The SMILES string of the molecule is Cc1ncsc1S(=O)(=O)S. The Labute approximate surface area is 67.8 Å². The summed E-state index contributed by atoms with van der Waals surface area (Å²) in [7, 11) is -3.34. The third kappa shape index (κ3) is 1.50. The van der Waals surface area contributed by atoms with Crippen molar-refractivity contribution >= 4 is 31.9 Å². The van der Waals surface area contributed by atoms with E-state index in [1.165, 1.54) is 5.51 Å². The van der Waals surface area contributed by atoms with Crippen molar-refractivity contribution in [3.8, 4) is 0 Å². The predicted molar refractivity (Wildman–Crippen MR) is 43.0 cm³/mol. The second-order valence-electron chi connectivity index (χ2n) is 1.70. The summed E-state index contributed by atoms with van der Waals surface area (Å²) in [4.78, 5) is 3.77. The first-order valence-corrected chi connectivity index (χ1v) is 5.81. The molecular weight excluding hydrogens is 190 g/mol. The Hall–Kier alpha value is -0.0700. The lowest BCUT2D eigenvalue weighted by Gasteiger charge is -1.89. The van der Waals surface area contributed by atoms with E-state index in [0.29, 0.717) is 5.69 Å². The molecule has 0 aliphatic carbocycles. The summed E-state index contributed by atoms with van der Waals surface area (Å²) in [6.07, 6.45) is 0. The smallest absolute Gasteiger partial charge is 0.238 e. The van der Waals surface area contributed by atoms with Crippen LogP contribution >= 0.6 is 23.0 Å². The lowest BCUT2D eigenvalue weighted by molar-refractivity contribution is 0.612. The van der Waals surface area contributed by atoms with Crippen LogP contribution in [0.3, 0.4) is 0 Å². The molecule has 0 radical (unpaired) electrons. The number of thiol groups is 1. The van der Waals surface area contributed by atoms with Crippen molar-refractivity contribution in [1.82, 2.24) is 4.98 Å². The van der Waals surface area contributed by atoms with E-state index in [-0.39, 0.29) is 4.21 Å². The summed E-state index contributed by atoms with van der Waals surface area (Å²) in [5.74, 6) is 0. The number of hydrogen-bond donors (Lipinski definition) is 1. The molecule has 0 unspecified atom stereocenters. The normalized spacial score (nSPS) is 11.8.